The Morgan fingerprint density at radius 2 is 1.83 bits per heavy atom. The van der Waals surface area contributed by atoms with Gasteiger partial charge in [-0.05, 0) is 36.9 Å². The molecule has 0 unspecified atom stereocenters. The zero-order chi connectivity index (χ0) is 21.5. The summed E-state index contributed by atoms with van der Waals surface area (Å²) < 4.78 is 2.18. The number of carboxylic acid groups (broad SMARTS) is 1. The van der Waals surface area contributed by atoms with Gasteiger partial charge in [-0.2, -0.15) is 0 Å². The Morgan fingerprint density at radius 1 is 1.17 bits per heavy atom. The number of aromatic carboxylic acids is 1. The number of hydrogen-bond acceptors (Lipinski definition) is 5. The Hall–Kier alpha value is -2.93. The molecule has 30 heavy (non-hydrogen) atoms. The SMILES string of the molecule is CC.Cn1cc(CNCC2CCN(c3ncc(C(=O)O)cn3)CC2)c2ccccc21. The molecule has 0 amide bonds. The van der Waals surface area contributed by atoms with Crippen molar-refractivity contribution in [3.05, 3.63) is 54.0 Å². The molecule has 0 aliphatic carbocycles. The van der Waals surface area contributed by atoms with Gasteiger partial charge in [0.15, 0.2) is 0 Å². The number of nitrogens with one attached hydrogen (secondary N) is 1. The van der Waals surface area contributed by atoms with Crippen LogP contribution in [-0.4, -0.2) is 45.2 Å². The molecule has 3 aromatic rings. The number of aryl methyl sites for hydroxylation is 1. The highest BCUT2D eigenvalue weighted by atomic mass is 16.4. The zero-order valence-corrected chi connectivity index (χ0v) is 18.0. The van der Waals surface area contributed by atoms with E-state index in [4.69, 9.17) is 5.11 Å². The topological polar surface area (TPSA) is 83.3 Å². The Kier molecular flexibility index (Phi) is 7.41. The number of piperidine rings is 1. The van der Waals surface area contributed by atoms with Crippen LogP contribution in [0.25, 0.3) is 10.9 Å². The third-order valence-corrected chi connectivity index (χ3v) is 5.51. The van der Waals surface area contributed by atoms with Gasteiger partial charge in [-0.25, -0.2) is 14.8 Å². The number of para-hydroxylation sites is 1. The molecule has 2 aromatic heterocycles. The summed E-state index contributed by atoms with van der Waals surface area (Å²) >= 11 is 0. The molecule has 1 aliphatic rings. The summed E-state index contributed by atoms with van der Waals surface area (Å²) in [6.45, 7) is 7.66. The second-order valence-electron chi connectivity index (χ2n) is 7.42. The van der Waals surface area contributed by atoms with E-state index in [1.165, 1.54) is 28.9 Å². The van der Waals surface area contributed by atoms with Crippen LogP contribution in [-0.2, 0) is 13.6 Å². The number of carboxylic acids is 1. The van der Waals surface area contributed by atoms with Crippen molar-refractivity contribution in [3.8, 4) is 0 Å². The maximum atomic E-state index is 10.9. The maximum absolute atomic E-state index is 10.9. The van der Waals surface area contributed by atoms with Crippen LogP contribution in [0.2, 0.25) is 0 Å². The van der Waals surface area contributed by atoms with Gasteiger partial charge in [0.05, 0.1) is 5.56 Å². The molecule has 3 heterocycles. The molecule has 0 radical (unpaired) electrons. The average Bonchev–Trinajstić information content (AvgIpc) is 3.11. The van der Waals surface area contributed by atoms with Gasteiger partial charge in [0.2, 0.25) is 5.95 Å². The van der Waals surface area contributed by atoms with Gasteiger partial charge in [-0.15, -0.1) is 0 Å². The molecular weight excluding hydrogens is 378 g/mol. The monoisotopic (exact) mass is 409 g/mol. The molecule has 1 aliphatic heterocycles. The minimum absolute atomic E-state index is 0.122. The number of benzene rings is 1. The summed E-state index contributed by atoms with van der Waals surface area (Å²) in [6.07, 6.45) is 7.11. The maximum Gasteiger partial charge on any atom is 0.338 e. The highest BCUT2D eigenvalue weighted by molar-refractivity contribution is 5.86. The van der Waals surface area contributed by atoms with Crippen molar-refractivity contribution >= 4 is 22.8 Å². The lowest BCUT2D eigenvalue weighted by atomic mass is 9.97. The molecule has 1 fully saturated rings. The number of carbonyl (C=O) groups is 1. The molecule has 1 saturated heterocycles. The number of anilines is 1. The zero-order valence-electron chi connectivity index (χ0n) is 18.0. The van der Waals surface area contributed by atoms with E-state index >= 15 is 0 Å². The first-order valence-corrected chi connectivity index (χ1v) is 10.7. The average molecular weight is 410 g/mol. The lowest BCUT2D eigenvalue weighted by molar-refractivity contribution is 0.0696. The van der Waals surface area contributed by atoms with E-state index in [9.17, 15) is 4.79 Å². The first-order valence-electron chi connectivity index (χ1n) is 10.7. The summed E-state index contributed by atoms with van der Waals surface area (Å²) in [5, 5.41) is 13.9. The predicted octanol–water partition coefficient (Wildman–Crippen LogP) is 3.70. The molecule has 160 valence electrons. The van der Waals surface area contributed by atoms with Crippen LogP contribution >= 0.6 is 0 Å². The van der Waals surface area contributed by atoms with Gasteiger partial charge in [-0.3, -0.25) is 0 Å². The van der Waals surface area contributed by atoms with Crippen molar-refractivity contribution in [2.45, 2.75) is 33.2 Å². The number of aromatic nitrogens is 3. The van der Waals surface area contributed by atoms with Gasteiger partial charge >= 0.3 is 5.97 Å². The number of nitrogens with zero attached hydrogens (tertiary/aromatic N) is 4. The standard InChI is InChI=1S/C21H25N5O2.C2H6/c1-25-14-17(18-4-2-3-5-19(18)25)11-22-10-15-6-8-26(9-7-15)21-23-12-16(13-24-21)20(27)28;1-2/h2-5,12-15,22H,6-11H2,1H3,(H,27,28);1-2H3. The van der Waals surface area contributed by atoms with E-state index in [2.05, 4.69) is 62.3 Å². The van der Waals surface area contributed by atoms with Crippen LogP contribution in [0, 0.1) is 5.92 Å². The fourth-order valence-corrected chi connectivity index (χ4v) is 3.91. The highest BCUT2D eigenvalue weighted by Gasteiger charge is 2.21. The Labute approximate surface area is 177 Å². The van der Waals surface area contributed by atoms with E-state index in [1.807, 2.05) is 13.8 Å². The van der Waals surface area contributed by atoms with Gasteiger partial charge in [0, 0.05) is 56.2 Å². The molecule has 2 N–H and O–H groups in total. The lowest BCUT2D eigenvalue weighted by Crippen LogP contribution is -2.38. The van der Waals surface area contributed by atoms with Gasteiger partial charge in [0.25, 0.3) is 0 Å². The number of rotatable bonds is 6. The van der Waals surface area contributed by atoms with Crippen molar-refractivity contribution in [1.82, 2.24) is 19.9 Å². The van der Waals surface area contributed by atoms with E-state index in [-0.39, 0.29) is 5.56 Å². The molecule has 0 bridgehead atoms. The van der Waals surface area contributed by atoms with Crippen LogP contribution in [0.4, 0.5) is 5.95 Å². The minimum Gasteiger partial charge on any atom is -0.478 e. The summed E-state index contributed by atoms with van der Waals surface area (Å²) in [6, 6.07) is 8.50. The Bertz CT molecular complexity index is 959. The molecule has 7 nitrogen and oxygen atoms in total. The van der Waals surface area contributed by atoms with Crippen molar-refractivity contribution in [3.63, 3.8) is 0 Å². The first-order chi connectivity index (χ1) is 14.6. The molecule has 0 spiro atoms. The van der Waals surface area contributed by atoms with Crippen LogP contribution in [0.1, 0.15) is 42.6 Å². The summed E-state index contributed by atoms with van der Waals surface area (Å²) in [5.74, 6) is 0.249. The largest absolute Gasteiger partial charge is 0.478 e. The first kappa shape index (κ1) is 21.8. The quantitative estimate of drug-likeness (QED) is 0.646. The number of fused-ring (bicyclic) bond motifs is 1. The Balaban J connectivity index is 0.00000124. The molecule has 0 saturated carbocycles. The highest BCUT2D eigenvalue weighted by Crippen LogP contribution is 2.22. The third-order valence-electron chi connectivity index (χ3n) is 5.51. The van der Waals surface area contributed by atoms with Crippen LogP contribution in [0.3, 0.4) is 0 Å². The fraction of sp³-hybridized carbons (Fsp3) is 0.435. The number of hydrogen-bond donors (Lipinski definition) is 2. The molecule has 7 heteroatoms. The minimum atomic E-state index is -0.998. The summed E-state index contributed by atoms with van der Waals surface area (Å²) in [4.78, 5) is 21.4. The smallest absolute Gasteiger partial charge is 0.338 e. The molecule has 4 rings (SSSR count). The fourth-order valence-electron chi connectivity index (χ4n) is 3.91. The molecular formula is C23H31N5O2. The van der Waals surface area contributed by atoms with Crippen LogP contribution in [0.15, 0.2) is 42.9 Å². The van der Waals surface area contributed by atoms with E-state index in [0.717, 1.165) is 39.0 Å². The van der Waals surface area contributed by atoms with Crippen molar-refractivity contribution in [1.29, 1.82) is 0 Å². The van der Waals surface area contributed by atoms with E-state index < -0.39 is 5.97 Å². The van der Waals surface area contributed by atoms with Crippen LogP contribution < -0.4 is 10.2 Å². The predicted molar refractivity (Wildman–Crippen MR) is 120 cm³/mol. The molecule has 0 atom stereocenters. The summed E-state index contributed by atoms with van der Waals surface area (Å²) in [7, 11) is 2.09. The normalized spacial score (nSPS) is 14.4. The van der Waals surface area contributed by atoms with E-state index in [1.54, 1.807) is 0 Å². The summed E-state index contributed by atoms with van der Waals surface area (Å²) in [5.41, 5.74) is 2.72. The van der Waals surface area contributed by atoms with Crippen LogP contribution in [0.5, 0.6) is 0 Å². The third kappa shape index (κ3) is 4.97. The second-order valence-corrected chi connectivity index (χ2v) is 7.42. The van der Waals surface area contributed by atoms with Crippen molar-refractivity contribution < 1.29 is 9.90 Å². The van der Waals surface area contributed by atoms with E-state index in [0.29, 0.717) is 11.9 Å². The lowest BCUT2D eigenvalue weighted by Gasteiger charge is -2.32. The van der Waals surface area contributed by atoms with Crippen molar-refractivity contribution in [2.24, 2.45) is 13.0 Å². The van der Waals surface area contributed by atoms with Gasteiger partial charge in [-0.1, -0.05) is 32.0 Å². The Morgan fingerprint density at radius 3 is 2.50 bits per heavy atom. The van der Waals surface area contributed by atoms with Crippen molar-refractivity contribution in [2.75, 3.05) is 24.5 Å². The molecule has 1 aromatic carbocycles. The van der Waals surface area contributed by atoms with Gasteiger partial charge < -0.3 is 19.9 Å². The second kappa shape index (κ2) is 10.2. The van der Waals surface area contributed by atoms with Gasteiger partial charge in [0.1, 0.15) is 0 Å².